The molecule has 0 saturated carbocycles. The van der Waals surface area contributed by atoms with E-state index in [4.69, 9.17) is 32.4 Å². The average molecular weight is 354 g/mol. The first-order valence-corrected chi connectivity index (χ1v) is 8.27. The molecule has 2 heterocycles. The Bertz CT molecular complexity index is 646. The Morgan fingerprint density at radius 1 is 1.26 bits per heavy atom. The maximum atomic E-state index is 12.9. The zero-order chi connectivity index (χ0) is 16.2. The summed E-state index contributed by atoms with van der Waals surface area (Å²) in [7, 11) is 0. The summed E-state index contributed by atoms with van der Waals surface area (Å²) in [6, 6.07) is 8.51. The Morgan fingerprint density at radius 3 is 2.65 bits per heavy atom. The highest BCUT2D eigenvalue weighted by Gasteiger charge is 2.24. The van der Waals surface area contributed by atoms with Gasteiger partial charge in [0.1, 0.15) is 5.76 Å². The molecule has 2 aromatic rings. The number of halogens is 2. The zero-order valence-corrected chi connectivity index (χ0v) is 14.0. The van der Waals surface area contributed by atoms with Gasteiger partial charge < -0.3 is 14.1 Å². The molecular formula is C17H17Cl2NO3. The lowest BCUT2D eigenvalue weighted by Gasteiger charge is -2.25. The van der Waals surface area contributed by atoms with Crippen LogP contribution in [0.4, 0.5) is 0 Å². The third-order valence-electron chi connectivity index (χ3n) is 3.77. The number of benzene rings is 1. The molecule has 1 atom stereocenters. The molecule has 122 valence electrons. The molecule has 1 aromatic carbocycles. The Morgan fingerprint density at radius 2 is 2.04 bits per heavy atom. The minimum atomic E-state index is -0.138. The molecule has 0 N–H and O–H groups in total. The van der Waals surface area contributed by atoms with Gasteiger partial charge in [-0.05, 0) is 43.2 Å². The smallest absolute Gasteiger partial charge is 0.254 e. The first-order valence-electron chi connectivity index (χ1n) is 7.51. The molecule has 0 aliphatic carbocycles. The third-order valence-corrected chi connectivity index (χ3v) is 4.21. The molecule has 1 amide bonds. The fourth-order valence-electron chi connectivity index (χ4n) is 2.70. The fourth-order valence-corrected chi connectivity index (χ4v) is 3.23. The van der Waals surface area contributed by atoms with Crippen LogP contribution >= 0.6 is 23.2 Å². The minimum Gasteiger partial charge on any atom is -0.467 e. The number of amides is 1. The molecule has 3 rings (SSSR count). The van der Waals surface area contributed by atoms with Gasteiger partial charge in [-0.1, -0.05) is 23.2 Å². The van der Waals surface area contributed by atoms with Crippen LogP contribution in [-0.2, 0) is 11.3 Å². The molecule has 0 radical (unpaired) electrons. The van der Waals surface area contributed by atoms with Crippen molar-refractivity contribution in [3.63, 3.8) is 0 Å². The van der Waals surface area contributed by atoms with Crippen molar-refractivity contribution >= 4 is 29.1 Å². The average Bonchev–Trinajstić information content (AvgIpc) is 3.18. The van der Waals surface area contributed by atoms with Gasteiger partial charge in [0.05, 0.1) is 18.9 Å². The number of furan rings is 1. The van der Waals surface area contributed by atoms with Crippen molar-refractivity contribution in [1.82, 2.24) is 4.90 Å². The van der Waals surface area contributed by atoms with Gasteiger partial charge in [0.25, 0.3) is 5.91 Å². The molecular weight excluding hydrogens is 337 g/mol. The van der Waals surface area contributed by atoms with Crippen molar-refractivity contribution in [2.24, 2.45) is 0 Å². The van der Waals surface area contributed by atoms with Gasteiger partial charge in [-0.3, -0.25) is 4.79 Å². The van der Waals surface area contributed by atoms with Crippen LogP contribution in [0.3, 0.4) is 0 Å². The first kappa shape index (κ1) is 16.4. The highest BCUT2D eigenvalue weighted by molar-refractivity contribution is 6.35. The van der Waals surface area contributed by atoms with E-state index in [0.29, 0.717) is 28.7 Å². The van der Waals surface area contributed by atoms with E-state index in [1.165, 1.54) is 0 Å². The molecule has 1 aliphatic heterocycles. The molecule has 4 nitrogen and oxygen atoms in total. The largest absolute Gasteiger partial charge is 0.467 e. The molecule has 0 spiro atoms. The van der Waals surface area contributed by atoms with E-state index >= 15 is 0 Å². The van der Waals surface area contributed by atoms with Crippen LogP contribution in [0.5, 0.6) is 0 Å². The normalized spacial score (nSPS) is 17.4. The van der Waals surface area contributed by atoms with Crippen LogP contribution < -0.4 is 0 Å². The van der Waals surface area contributed by atoms with E-state index in [2.05, 4.69) is 0 Å². The maximum Gasteiger partial charge on any atom is 0.254 e. The molecule has 1 aromatic heterocycles. The summed E-state index contributed by atoms with van der Waals surface area (Å²) in [6.45, 7) is 1.65. The van der Waals surface area contributed by atoms with Crippen LogP contribution in [0.25, 0.3) is 0 Å². The summed E-state index contributed by atoms with van der Waals surface area (Å²) in [4.78, 5) is 14.6. The Balaban J connectivity index is 1.81. The number of nitrogens with zero attached hydrogens (tertiary/aromatic N) is 1. The molecule has 0 bridgehead atoms. The second-order valence-corrected chi connectivity index (χ2v) is 6.43. The predicted molar refractivity (Wildman–Crippen MR) is 88.9 cm³/mol. The molecule has 23 heavy (non-hydrogen) atoms. The number of hydrogen-bond donors (Lipinski definition) is 0. The Kier molecular flexibility index (Phi) is 5.26. The molecule has 1 saturated heterocycles. The van der Waals surface area contributed by atoms with Crippen molar-refractivity contribution in [3.8, 4) is 0 Å². The molecule has 1 aliphatic rings. The summed E-state index contributed by atoms with van der Waals surface area (Å²) in [5.41, 5.74) is 0.465. The van der Waals surface area contributed by atoms with Gasteiger partial charge in [-0.2, -0.15) is 0 Å². The molecule has 1 unspecified atom stereocenters. The second-order valence-electron chi connectivity index (χ2n) is 5.56. The van der Waals surface area contributed by atoms with Crippen molar-refractivity contribution in [2.45, 2.75) is 25.5 Å². The predicted octanol–water partition coefficient (Wildman–Crippen LogP) is 4.41. The highest BCUT2D eigenvalue weighted by atomic mass is 35.5. The number of carbonyl (C=O) groups is 1. The minimum absolute atomic E-state index is 0.0589. The fraction of sp³-hybridized carbons (Fsp3) is 0.353. The van der Waals surface area contributed by atoms with Gasteiger partial charge in [-0.25, -0.2) is 0 Å². The lowest BCUT2D eigenvalue weighted by Crippen LogP contribution is -2.36. The molecule has 6 heteroatoms. The summed E-state index contributed by atoms with van der Waals surface area (Å²) in [6.07, 6.45) is 3.64. The van der Waals surface area contributed by atoms with E-state index < -0.39 is 0 Å². The number of hydrogen-bond acceptors (Lipinski definition) is 3. The number of ether oxygens (including phenoxy) is 1. The van der Waals surface area contributed by atoms with Crippen molar-refractivity contribution in [1.29, 1.82) is 0 Å². The number of rotatable bonds is 5. The SMILES string of the molecule is O=C(c1cc(Cl)cc(Cl)c1)N(Cc1ccco1)CC1CCCO1. The van der Waals surface area contributed by atoms with Crippen LogP contribution in [0.2, 0.25) is 10.0 Å². The highest BCUT2D eigenvalue weighted by Crippen LogP contribution is 2.22. The Labute approximate surface area is 144 Å². The summed E-state index contributed by atoms with van der Waals surface area (Å²) in [5.74, 6) is 0.589. The molecule has 1 fully saturated rings. The van der Waals surface area contributed by atoms with E-state index in [9.17, 15) is 4.79 Å². The second kappa shape index (κ2) is 7.39. The van der Waals surface area contributed by atoms with Gasteiger partial charge in [0, 0.05) is 28.8 Å². The van der Waals surface area contributed by atoms with Crippen molar-refractivity contribution in [2.75, 3.05) is 13.2 Å². The van der Waals surface area contributed by atoms with Crippen LogP contribution in [0, 0.1) is 0 Å². The lowest BCUT2D eigenvalue weighted by atomic mass is 10.1. The lowest BCUT2D eigenvalue weighted by molar-refractivity contribution is 0.0491. The Hall–Kier alpha value is -1.49. The van der Waals surface area contributed by atoms with Crippen molar-refractivity contribution < 1.29 is 13.9 Å². The standard InChI is InChI=1S/C17H17Cl2NO3/c18-13-7-12(8-14(19)9-13)17(21)20(10-15-3-1-5-22-15)11-16-4-2-6-23-16/h1,3,5,7-9,16H,2,4,6,10-11H2. The van der Waals surface area contributed by atoms with Crippen LogP contribution in [0.1, 0.15) is 29.0 Å². The monoisotopic (exact) mass is 353 g/mol. The zero-order valence-electron chi connectivity index (χ0n) is 12.5. The van der Waals surface area contributed by atoms with E-state index in [1.54, 1.807) is 35.4 Å². The van der Waals surface area contributed by atoms with Gasteiger partial charge in [-0.15, -0.1) is 0 Å². The third kappa shape index (κ3) is 4.28. The van der Waals surface area contributed by atoms with Gasteiger partial charge in [0.2, 0.25) is 0 Å². The number of carbonyl (C=O) groups excluding carboxylic acids is 1. The van der Waals surface area contributed by atoms with E-state index in [-0.39, 0.29) is 12.0 Å². The summed E-state index contributed by atoms with van der Waals surface area (Å²) >= 11 is 12.0. The topological polar surface area (TPSA) is 42.7 Å². The van der Waals surface area contributed by atoms with Crippen LogP contribution in [0.15, 0.2) is 41.0 Å². The summed E-state index contributed by atoms with van der Waals surface area (Å²) < 4.78 is 11.0. The van der Waals surface area contributed by atoms with Gasteiger partial charge in [0.15, 0.2) is 0 Å². The van der Waals surface area contributed by atoms with E-state index in [0.717, 1.165) is 25.2 Å². The van der Waals surface area contributed by atoms with E-state index in [1.807, 2.05) is 6.07 Å². The summed E-state index contributed by atoms with van der Waals surface area (Å²) in [5, 5.41) is 0.881. The first-order chi connectivity index (χ1) is 11.1. The van der Waals surface area contributed by atoms with Crippen molar-refractivity contribution in [3.05, 3.63) is 58.0 Å². The maximum absolute atomic E-state index is 12.9. The van der Waals surface area contributed by atoms with Gasteiger partial charge >= 0.3 is 0 Å². The quantitative estimate of drug-likeness (QED) is 0.799. The van der Waals surface area contributed by atoms with Crippen LogP contribution in [-0.4, -0.2) is 30.1 Å².